The van der Waals surface area contributed by atoms with E-state index >= 15 is 0 Å². The minimum absolute atomic E-state index is 0.150. The Hall–Kier alpha value is -1.53. The van der Waals surface area contributed by atoms with E-state index in [1.807, 2.05) is 28.8 Å². The van der Waals surface area contributed by atoms with E-state index in [1.54, 1.807) is 11.8 Å². The number of thioether (sulfide) groups is 1. The van der Waals surface area contributed by atoms with Crippen LogP contribution in [0.15, 0.2) is 29.4 Å². The molecule has 0 spiro atoms. The third-order valence-corrected chi connectivity index (χ3v) is 8.78. The van der Waals surface area contributed by atoms with Crippen LogP contribution in [0.4, 0.5) is 0 Å². The summed E-state index contributed by atoms with van der Waals surface area (Å²) in [5.74, 6) is 4.21. The monoisotopic (exact) mass is 458 g/mol. The highest BCUT2D eigenvalue weighted by molar-refractivity contribution is 7.99. The summed E-state index contributed by atoms with van der Waals surface area (Å²) in [4.78, 5) is 13.4. The Bertz CT molecular complexity index is 924. The lowest BCUT2D eigenvalue weighted by Crippen LogP contribution is -2.53. The molecule has 1 aromatic heterocycles. The zero-order valence-electron chi connectivity index (χ0n) is 18.1. The highest BCUT2D eigenvalue weighted by Crippen LogP contribution is 2.60. The van der Waals surface area contributed by atoms with Crippen molar-refractivity contribution in [3.05, 3.63) is 35.1 Å². The molecule has 2 aromatic rings. The van der Waals surface area contributed by atoms with Gasteiger partial charge in [0.15, 0.2) is 11.0 Å². The maximum Gasteiger partial charge on any atom is 0.226 e. The van der Waals surface area contributed by atoms with Gasteiger partial charge in [0.1, 0.15) is 0 Å². The second-order valence-electron chi connectivity index (χ2n) is 9.77. The van der Waals surface area contributed by atoms with E-state index in [9.17, 15) is 4.79 Å². The Morgan fingerprint density at radius 2 is 1.84 bits per heavy atom. The molecule has 4 fully saturated rings. The van der Waals surface area contributed by atoms with Crippen molar-refractivity contribution >= 4 is 29.3 Å². The van der Waals surface area contributed by atoms with Crippen LogP contribution in [0.25, 0.3) is 5.69 Å². The van der Waals surface area contributed by atoms with Gasteiger partial charge in [-0.3, -0.25) is 9.36 Å². The van der Waals surface area contributed by atoms with Crippen LogP contribution < -0.4 is 5.32 Å². The molecule has 4 aliphatic rings. The Morgan fingerprint density at radius 3 is 2.48 bits per heavy atom. The molecule has 0 atom stereocenters. The zero-order valence-corrected chi connectivity index (χ0v) is 19.7. The van der Waals surface area contributed by atoms with Crippen molar-refractivity contribution in [3.63, 3.8) is 0 Å². The number of unbranched alkanes of at least 4 members (excludes halogenated alkanes) is 1. The number of halogens is 1. The van der Waals surface area contributed by atoms with Crippen molar-refractivity contribution < 1.29 is 4.79 Å². The largest absolute Gasteiger partial charge is 0.348 e. The lowest BCUT2D eigenvalue weighted by molar-refractivity contribution is -0.146. The van der Waals surface area contributed by atoms with Gasteiger partial charge in [-0.05, 0) is 74.8 Å². The first-order chi connectivity index (χ1) is 15.1. The van der Waals surface area contributed by atoms with Crippen LogP contribution >= 0.6 is 23.4 Å². The maximum absolute atomic E-state index is 13.4. The van der Waals surface area contributed by atoms with Crippen LogP contribution in [-0.4, -0.2) is 26.4 Å². The van der Waals surface area contributed by atoms with E-state index in [0.717, 1.165) is 72.3 Å². The summed E-state index contributed by atoms with van der Waals surface area (Å²) in [7, 11) is 0. The average molecular weight is 459 g/mol. The number of hydrogen-bond acceptors (Lipinski definition) is 4. The number of hydrogen-bond donors (Lipinski definition) is 1. The van der Waals surface area contributed by atoms with Crippen molar-refractivity contribution in [3.8, 4) is 5.69 Å². The number of nitrogens with zero attached hydrogens (tertiary/aromatic N) is 3. The summed E-state index contributed by atoms with van der Waals surface area (Å²) >= 11 is 8.22. The molecule has 1 aromatic carbocycles. The molecule has 1 amide bonds. The van der Waals surface area contributed by atoms with Crippen molar-refractivity contribution in [1.29, 1.82) is 0 Å². The van der Waals surface area contributed by atoms with E-state index in [0.29, 0.717) is 11.6 Å². The molecule has 31 heavy (non-hydrogen) atoms. The van der Waals surface area contributed by atoms with E-state index < -0.39 is 0 Å². The fourth-order valence-electron chi connectivity index (χ4n) is 6.43. The topological polar surface area (TPSA) is 59.8 Å². The van der Waals surface area contributed by atoms with Crippen molar-refractivity contribution in [2.75, 3.05) is 5.75 Å². The average Bonchev–Trinajstić information content (AvgIpc) is 3.14. The maximum atomic E-state index is 13.4. The van der Waals surface area contributed by atoms with E-state index in [2.05, 4.69) is 22.4 Å². The first-order valence-electron chi connectivity index (χ1n) is 11.7. The van der Waals surface area contributed by atoms with Crippen LogP contribution in [-0.2, 0) is 11.3 Å². The van der Waals surface area contributed by atoms with E-state index in [-0.39, 0.29) is 11.3 Å². The highest BCUT2D eigenvalue weighted by atomic mass is 35.5. The summed E-state index contributed by atoms with van der Waals surface area (Å²) in [6.45, 7) is 2.57. The Morgan fingerprint density at radius 1 is 1.16 bits per heavy atom. The molecule has 166 valence electrons. The van der Waals surface area contributed by atoms with Crippen LogP contribution in [0.2, 0.25) is 5.02 Å². The molecule has 0 saturated heterocycles. The lowest BCUT2D eigenvalue weighted by Gasteiger charge is -2.55. The van der Waals surface area contributed by atoms with Crippen LogP contribution in [0.5, 0.6) is 0 Å². The number of amides is 1. The van der Waals surface area contributed by atoms with Gasteiger partial charge in [0.25, 0.3) is 0 Å². The third kappa shape index (κ3) is 4.13. The fraction of sp³-hybridized carbons (Fsp3) is 0.625. The second-order valence-corrected chi connectivity index (χ2v) is 11.2. The summed E-state index contributed by atoms with van der Waals surface area (Å²) < 4.78 is 2.02. The smallest absolute Gasteiger partial charge is 0.226 e. The van der Waals surface area contributed by atoms with Gasteiger partial charge in [0.2, 0.25) is 5.91 Å². The van der Waals surface area contributed by atoms with Crippen molar-refractivity contribution in [1.82, 2.24) is 20.1 Å². The van der Waals surface area contributed by atoms with Gasteiger partial charge >= 0.3 is 0 Å². The molecular formula is C24H31ClN4OS. The summed E-state index contributed by atoms with van der Waals surface area (Å²) in [5, 5.41) is 13.6. The molecule has 0 aliphatic heterocycles. The molecule has 5 nitrogen and oxygen atoms in total. The quantitative estimate of drug-likeness (QED) is 0.410. The SMILES string of the molecule is CCCCSc1nnc(CNC(=O)C23CC4CC(CC(C4)C2)C3)n1-c1ccccc1Cl. The van der Waals surface area contributed by atoms with Crippen LogP contribution in [0.3, 0.4) is 0 Å². The molecule has 6 rings (SSSR count). The predicted molar refractivity (Wildman–Crippen MR) is 124 cm³/mol. The number of para-hydroxylation sites is 1. The highest BCUT2D eigenvalue weighted by Gasteiger charge is 2.54. The van der Waals surface area contributed by atoms with E-state index in [4.69, 9.17) is 11.6 Å². The lowest BCUT2D eigenvalue weighted by atomic mass is 9.49. The molecule has 1 N–H and O–H groups in total. The zero-order chi connectivity index (χ0) is 21.4. The number of aromatic nitrogens is 3. The van der Waals surface area contributed by atoms with Gasteiger partial charge in [0, 0.05) is 11.2 Å². The van der Waals surface area contributed by atoms with Crippen LogP contribution in [0.1, 0.15) is 64.1 Å². The Kier molecular flexibility index (Phi) is 6.04. The molecule has 7 heteroatoms. The first-order valence-corrected chi connectivity index (χ1v) is 13.0. The fourth-order valence-corrected chi connectivity index (χ4v) is 7.69. The number of rotatable bonds is 8. The second kappa shape index (κ2) is 8.78. The minimum atomic E-state index is -0.150. The third-order valence-electron chi connectivity index (χ3n) is 7.45. The molecule has 4 aliphatic carbocycles. The normalized spacial score (nSPS) is 28.8. The molecule has 4 bridgehead atoms. The predicted octanol–water partition coefficient (Wildman–Crippen LogP) is 5.65. The summed E-state index contributed by atoms with van der Waals surface area (Å²) in [5.41, 5.74) is 0.718. The first kappa shape index (κ1) is 21.3. The minimum Gasteiger partial charge on any atom is -0.348 e. The molecular weight excluding hydrogens is 428 g/mol. The summed E-state index contributed by atoms with van der Waals surface area (Å²) in [6.07, 6.45) is 9.49. The van der Waals surface area contributed by atoms with Gasteiger partial charge in [-0.15, -0.1) is 10.2 Å². The molecule has 4 saturated carbocycles. The number of benzene rings is 1. The molecule has 0 unspecified atom stereocenters. The van der Waals surface area contributed by atoms with Gasteiger partial charge in [-0.25, -0.2) is 0 Å². The summed E-state index contributed by atoms with van der Waals surface area (Å²) in [6, 6.07) is 7.77. The van der Waals surface area contributed by atoms with Gasteiger partial charge in [-0.2, -0.15) is 0 Å². The Labute approximate surface area is 193 Å². The number of carbonyl (C=O) groups is 1. The van der Waals surface area contributed by atoms with E-state index in [1.165, 1.54) is 19.3 Å². The van der Waals surface area contributed by atoms with Crippen molar-refractivity contribution in [2.45, 2.75) is 70.0 Å². The van der Waals surface area contributed by atoms with Crippen LogP contribution in [0, 0.1) is 23.2 Å². The number of carbonyl (C=O) groups excluding carboxylic acids is 1. The molecule has 1 heterocycles. The van der Waals surface area contributed by atoms with Crippen molar-refractivity contribution in [2.24, 2.45) is 23.2 Å². The number of nitrogens with one attached hydrogen (secondary N) is 1. The van der Waals surface area contributed by atoms with Gasteiger partial charge in [0.05, 0.1) is 17.3 Å². The standard InChI is InChI=1S/C24H31ClN4OS/c1-2-3-8-31-23-28-27-21(29(23)20-7-5-4-6-19(20)25)15-26-22(30)24-12-16-9-17(13-24)11-18(10-16)14-24/h4-7,16-18H,2-3,8-15H2,1H3,(H,26,30). The molecule has 0 radical (unpaired) electrons. The van der Waals surface area contributed by atoms with Gasteiger partial charge < -0.3 is 5.32 Å². The Balaban J connectivity index is 1.35. The van der Waals surface area contributed by atoms with Gasteiger partial charge in [-0.1, -0.05) is 48.8 Å².